The highest BCUT2D eigenvalue weighted by Crippen LogP contribution is 2.25. The smallest absolute Gasteiger partial charge is 0.125 e. The minimum atomic E-state index is 0.443. The van der Waals surface area contributed by atoms with Crippen LogP contribution < -0.4 is 0 Å². The Kier molecular flexibility index (Phi) is 3.74. The standard InChI is InChI=1S/C12H14ClIN2/c1-3-8(2)16-11-5-4-9(14)6-10(11)15-12(16)7-13/h4-6,8H,3,7H2,1-2H3. The third-order valence-electron chi connectivity index (χ3n) is 2.88. The van der Waals surface area contributed by atoms with Gasteiger partial charge in [0, 0.05) is 9.61 Å². The van der Waals surface area contributed by atoms with Gasteiger partial charge in [0.2, 0.25) is 0 Å². The number of rotatable bonds is 3. The molecule has 1 aromatic carbocycles. The maximum absolute atomic E-state index is 5.96. The Morgan fingerprint density at radius 1 is 1.50 bits per heavy atom. The van der Waals surface area contributed by atoms with Crippen molar-refractivity contribution in [2.24, 2.45) is 0 Å². The summed E-state index contributed by atoms with van der Waals surface area (Å²) in [6.45, 7) is 4.39. The lowest BCUT2D eigenvalue weighted by atomic mass is 10.2. The van der Waals surface area contributed by atoms with E-state index >= 15 is 0 Å². The van der Waals surface area contributed by atoms with Gasteiger partial charge in [-0.15, -0.1) is 11.6 Å². The third kappa shape index (κ3) is 2.07. The zero-order valence-corrected chi connectivity index (χ0v) is 12.3. The molecule has 0 bridgehead atoms. The molecule has 0 aliphatic heterocycles. The van der Waals surface area contributed by atoms with E-state index in [4.69, 9.17) is 11.6 Å². The molecule has 1 atom stereocenters. The van der Waals surface area contributed by atoms with E-state index in [1.165, 1.54) is 9.09 Å². The first kappa shape index (κ1) is 12.2. The van der Waals surface area contributed by atoms with Gasteiger partial charge in [-0.25, -0.2) is 4.98 Å². The Morgan fingerprint density at radius 2 is 2.25 bits per heavy atom. The molecule has 1 heterocycles. The summed E-state index contributed by atoms with van der Waals surface area (Å²) in [5.74, 6) is 1.43. The lowest BCUT2D eigenvalue weighted by Gasteiger charge is -2.14. The van der Waals surface area contributed by atoms with Crippen molar-refractivity contribution >= 4 is 45.2 Å². The van der Waals surface area contributed by atoms with Gasteiger partial charge < -0.3 is 4.57 Å². The van der Waals surface area contributed by atoms with Crippen molar-refractivity contribution in [2.45, 2.75) is 32.2 Å². The van der Waals surface area contributed by atoms with Crippen LogP contribution in [0.2, 0.25) is 0 Å². The molecule has 0 N–H and O–H groups in total. The van der Waals surface area contributed by atoms with Crippen molar-refractivity contribution in [1.82, 2.24) is 9.55 Å². The predicted octanol–water partition coefficient (Wildman–Crippen LogP) is 4.35. The van der Waals surface area contributed by atoms with Crippen molar-refractivity contribution in [3.8, 4) is 0 Å². The van der Waals surface area contributed by atoms with Crippen LogP contribution in [0.4, 0.5) is 0 Å². The predicted molar refractivity (Wildman–Crippen MR) is 77.0 cm³/mol. The highest BCUT2D eigenvalue weighted by Gasteiger charge is 2.13. The Labute approximate surface area is 114 Å². The van der Waals surface area contributed by atoms with E-state index in [2.05, 4.69) is 64.2 Å². The van der Waals surface area contributed by atoms with E-state index < -0.39 is 0 Å². The molecule has 0 radical (unpaired) electrons. The summed E-state index contributed by atoms with van der Waals surface area (Å²) in [5, 5.41) is 0. The van der Waals surface area contributed by atoms with Crippen molar-refractivity contribution in [2.75, 3.05) is 0 Å². The molecule has 86 valence electrons. The molecule has 2 rings (SSSR count). The molecule has 0 spiro atoms. The zero-order valence-electron chi connectivity index (χ0n) is 9.37. The molecular formula is C12H14ClIN2. The zero-order chi connectivity index (χ0) is 11.7. The first-order valence-electron chi connectivity index (χ1n) is 5.39. The molecule has 1 aromatic heterocycles. The summed E-state index contributed by atoms with van der Waals surface area (Å²) in [5.41, 5.74) is 2.23. The molecule has 0 aliphatic rings. The molecule has 0 fully saturated rings. The average molecular weight is 349 g/mol. The lowest BCUT2D eigenvalue weighted by Crippen LogP contribution is -2.07. The van der Waals surface area contributed by atoms with Crippen molar-refractivity contribution in [3.63, 3.8) is 0 Å². The van der Waals surface area contributed by atoms with Crippen LogP contribution >= 0.6 is 34.2 Å². The molecule has 0 aliphatic carbocycles. The first-order chi connectivity index (χ1) is 7.67. The van der Waals surface area contributed by atoms with E-state index in [1.807, 2.05) is 0 Å². The Hall–Kier alpha value is -0.290. The van der Waals surface area contributed by atoms with E-state index in [0.29, 0.717) is 11.9 Å². The van der Waals surface area contributed by atoms with Crippen LogP contribution in [0, 0.1) is 3.57 Å². The molecule has 1 unspecified atom stereocenters. The van der Waals surface area contributed by atoms with Crippen LogP contribution in [0.3, 0.4) is 0 Å². The number of nitrogens with zero attached hydrogens (tertiary/aromatic N) is 2. The Balaban J connectivity index is 2.68. The fourth-order valence-electron chi connectivity index (χ4n) is 1.89. The highest BCUT2D eigenvalue weighted by atomic mass is 127. The van der Waals surface area contributed by atoms with Crippen molar-refractivity contribution < 1.29 is 0 Å². The normalized spacial score (nSPS) is 13.2. The van der Waals surface area contributed by atoms with E-state index in [0.717, 1.165) is 17.8 Å². The van der Waals surface area contributed by atoms with Crippen LogP contribution in [0.5, 0.6) is 0 Å². The average Bonchev–Trinajstić information content (AvgIpc) is 2.65. The van der Waals surface area contributed by atoms with E-state index in [1.54, 1.807) is 0 Å². The van der Waals surface area contributed by atoms with Gasteiger partial charge in [-0.1, -0.05) is 6.92 Å². The molecule has 2 nitrogen and oxygen atoms in total. The van der Waals surface area contributed by atoms with Crippen LogP contribution in [-0.4, -0.2) is 9.55 Å². The van der Waals surface area contributed by atoms with Crippen LogP contribution in [0.25, 0.3) is 11.0 Å². The fraction of sp³-hybridized carbons (Fsp3) is 0.417. The minimum absolute atomic E-state index is 0.443. The number of hydrogen-bond acceptors (Lipinski definition) is 1. The number of benzene rings is 1. The second kappa shape index (κ2) is 4.92. The van der Waals surface area contributed by atoms with Gasteiger partial charge in [-0.05, 0) is 54.1 Å². The summed E-state index contributed by atoms with van der Waals surface area (Å²) < 4.78 is 3.46. The van der Waals surface area contributed by atoms with E-state index in [9.17, 15) is 0 Å². The largest absolute Gasteiger partial charge is 0.324 e. The van der Waals surface area contributed by atoms with Crippen LogP contribution in [0.1, 0.15) is 32.1 Å². The number of imidazole rings is 1. The molecule has 0 amide bonds. The maximum atomic E-state index is 5.96. The second-order valence-electron chi connectivity index (χ2n) is 3.92. The van der Waals surface area contributed by atoms with Gasteiger partial charge in [0.05, 0.1) is 16.9 Å². The highest BCUT2D eigenvalue weighted by molar-refractivity contribution is 14.1. The Morgan fingerprint density at radius 3 is 2.88 bits per heavy atom. The monoisotopic (exact) mass is 348 g/mol. The molecule has 0 saturated heterocycles. The number of hydrogen-bond donors (Lipinski definition) is 0. The van der Waals surface area contributed by atoms with Gasteiger partial charge in [0.15, 0.2) is 0 Å². The topological polar surface area (TPSA) is 17.8 Å². The summed E-state index contributed by atoms with van der Waals surface area (Å²) in [7, 11) is 0. The van der Waals surface area contributed by atoms with Crippen molar-refractivity contribution in [3.05, 3.63) is 27.6 Å². The number of fused-ring (bicyclic) bond motifs is 1. The van der Waals surface area contributed by atoms with E-state index in [-0.39, 0.29) is 0 Å². The Bertz CT molecular complexity index is 507. The molecule has 2 aromatic rings. The second-order valence-corrected chi connectivity index (χ2v) is 5.43. The van der Waals surface area contributed by atoms with Crippen LogP contribution in [0.15, 0.2) is 18.2 Å². The summed E-state index contributed by atoms with van der Waals surface area (Å²) in [6, 6.07) is 6.79. The first-order valence-corrected chi connectivity index (χ1v) is 7.01. The maximum Gasteiger partial charge on any atom is 0.125 e. The van der Waals surface area contributed by atoms with Crippen LogP contribution in [-0.2, 0) is 5.88 Å². The van der Waals surface area contributed by atoms with Gasteiger partial charge >= 0.3 is 0 Å². The minimum Gasteiger partial charge on any atom is -0.324 e. The number of aromatic nitrogens is 2. The number of alkyl halides is 1. The summed E-state index contributed by atoms with van der Waals surface area (Å²) >= 11 is 8.26. The summed E-state index contributed by atoms with van der Waals surface area (Å²) in [6.07, 6.45) is 1.08. The third-order valence-corrected chi connectivity index (χ3v) is 3.79. The lowest BCUT2D eigenvalue weighted by molar-refractivity contribution is 0.530. The van der Waals surface area contributed by atoms with Crippen molar-refractivity contribution in [1.29, 1.82) is 0 Å². The summed E-state index contributed by atoms with van der Waals surface area (Å²) in [4.78, 5) is 4.59. The number of halogens is 2. The molecular weight excluding hydrogens is 335 g/mol. The fourth-order valence-corrected chi connectivity index (χ4v) is 2.55. The molecule has 16 heavy (non-hydrogen) atoms. The van der Waals surface area contributed by atoms with Gasteiger partial charge in [0.1, 0.15) is 5.82 Å². The molecule has 4 heteroatoms. The quantitative estimate of drug-likeness (QED) is 0.595. The SMILES string of the molecule is CCC(C)n1c(CCl)nc2cc(I)ccc21. The van der Waals surface area contributed by atoms with Gasteiger partial charge in [-0.3, -0.25) is 0 Å². The molecule has 0 saturated carbocycles. The van der Waals surface area contributed by atoms with Gasteiger partial charge in [0.25, 0.3) is 0 Å². The van der Waals surface area contributed by atoms with Gasteiger partial charge in [-0.2, -0.15) is 0 Å².